The highest BCUT2D eigenvalue weighted by molar-refractivity contribution is 5.79. The van der Waals surface area contributed by atoms with E-state index >= 15 is 0 Å². The average molecular weight is 214 g/mol. The minimum absolute atomic E-state index is 0.468. The first-order chi connectivity index (χ1) is 7.10. The number of hydrogen-bond acceptors (Lipinski definition) is 3. The van der Waals surface area contributed by atoms with Crippen molar-refractivity contribution in [1.29, 1.82) is 0 Å². The Bertz CT molecular complexity index is 227. The molecule has 0 heterocycles. The van der Waals surface area contributed by atoms with Crippen LogP contribution in [0.5, 0.6) is 0 Å². The van der Waals surface area contributed by atoms with Crippen molar-refractivity contribution < 1.29 is 4.74 Å². The largest absolute Gasteiger partial charge is 0.383 e. The molecule has 0 aliphatic heterocycles. The average Bonchev–Trinajstić information content (AvgIpc) is 2.80. The van der Waals surface area contributed by atoms with Crippen LogP contribution in [0.1, 0.15) is 20.3 Å². The molecule has 0 spiro atoms. The van der Waals surface area contributed by atoms with E-state index in [0.29, 0.717) is 30.4 Å². The van der Waals surface area contributed by atoms with Gasteiger partial charge in [0.05, 0.1) is 6.61 Å². The van der Waals surface area contributed by atoms with Gasteiger partial charge < -0.3 is 10.1 Å². The molecule has 1 aliphatic rings. The maximum absolute atomic E-state index is 5.35. The van der Waals surface area contributed by atoms with E-state index in [1.807, 2.05) is 0 Å². The van der Waals surface area contributed by atoms with Crippen LogP contribution in [0.15, 0.2) is 4.99 Å². The topological polar surface area (TPSA) is 71.7 Å². The van der Waals surface area contributed by atoms with E-state index in [0.717, 1.165) is 6.54 Å². The number of hydrazine groups is 1. The Morgan fingerprint density at radius 1 is 1.60 bits per heavy atom. The number of methoxy groups -OCH3 is 1. The summed E-state index contributed by atoms with van der Waals surface area (Å²) in [5.74, 6) is 6.69. The highest BCUT2D eigenvalue weighted by Gasteiger charge is 2.45. The van der Waals surface area contributed by atoms with Crippen molar-refractivity contribution in [3.63, 3.8) is 0 Å². The van der Waals surface area contributed by atoms with Crippen LogP contribution < -0.4 is 16.6 Å². The fraction of sp³-hybridized carbons (Fsp3) is 0.900. The summed E-state index contributed by atoms with van der Waals surface area (Å²) < 4.78 is 4.92. The molecule has 0 bridgehead atoms. The standard InChI is InChI=1S/C10H22N4O/c1-10(2)6-8(10)7-13-9(14-11)12-4-5-15-3/h8H,4-7,11H2,1-3H3,(H2,12,13,14). The number of nitrogens with zero attached hydrogens (tertiary/aromatic N) is 1. The molecule has 0 aromatic heterocycles. The van der Waals surface area contributed by atoms with Crippen LogP contribution in [0, 0.1) is 11.3 Å². The first-order valence-corrected chi connectivity index (χ1v) is 5.34. The van der Waals surface area contributed by atoms with Crippen molar-refractivity contribution in [2.75, 3.05) is 26.8 Å². The number of nitrogens with two attached hydrogens (primary N) is 1. The molecule has 1 saturated carbocycles. The van der Waals surface area contributed by atoms with Gasteiger partial charge in [-0.05, 0) is 17.8 Å². The van der Waals surface area contributed by atoms with Gasteiger partial charge in [0.2, 0.25) is 5.96 Å². The fourth-order valence-corrected chi connectivity index (χ4v) is 1.51. The zero-order chi connectivity index (χ0) is 11.3. The third-order valence-corrected chi connectivity index (χ3v) is 2.92. The summed E-state index contributed by atoms with van der Waals surface area (Å²) in [4.78, 5) is 4.39. The molecule has 1 rings (SSSR count). The van der Waals surface area contributed by atoms with Crippen LogP contribution in [0.25, 0.3) is 0 Å². The van der Waals surface area contributed by atoms with Gasteiger partial charge in [0, 0.05) is 20.2 Å². The van der Waals surface area contributed by atoms with Crippen molar-refractivity contribution in [3.8, 4) is 0 Å². The summed E-state index contributed by atoms with van der Waals surface area (Å²) in [6.45, 7) is 6.73. The monoisotopic (exact) mass is 214 g/mol. The van der Waals surface area contributed by atoms with Crippen LogP contribution in [0.2, 0.25) is 0 Å². The number of rotatable bonds is 5. The van der Waals surface area contributed by atoms with Gasteiger partial charge in [-0.25, -0.2) is 5.84 Å². The molecule has 1 fully saturated rings. The molecule has 0 saturated heterocycles. The Kier molecular flexibility index (Phi) is 4.35. The lowest BCUT2D eigenvalue weighted by Gasteiger charge is -2.08. The molecule has 0 amide bonds. The smallest absolute Gasteiger partial charge is 0.205 e. The first-order valence-electron chi connectivity index (χ1n) is 5.34. The van der Waals surface area contributed by atoms with Crippen LogP contribution in [-0.4, -0.2) is 32.8 Å². The Hall–Kier alpha value is -0.810. The Labute approximate surface area is 91.4 Å². The van der Waals surface area contributed by atoms with E-state index < -0.39 is 0 Å². The molecule has 4 N–H and O–H groups in total. The predicted molar refractivity (Wildman–Crippen MR) is 61.4 cm³/mol. The molecule has 0 radical (unpaired) electrons. The van der Waals surface area contributed by atoms with Crippen LogP contribution in [0.3, 0.4) is 0 Å². The zero-order valence-electron chi connectivity index (χ0n) is 9.84. The number of nitrogens with one attached hydrogen (secondary N) is 2. The van der Waals surface area contributed by atoms with E-state index in [1.54, 1.807) is 7.11 Å². The third kappa shape index (κ3) is 4.05. The maximum Gasteiger partial charge on any atom is 0.205 e. The zero-order valence-corrected chi connectivity index (χ0v) is 9.84. The van der Waals surface area contributed by atoms with E-state index in [2.05, 4.69) is 29.6 Å². The first kappa shape index (κ1) is 12.3. The number of aliphatic imine (C=N–C) groups is 1. The fourth-order valence-electron chi connectivity index (χ4n) is 1.51. The van der Waals surface area contributed by atoms with Gasteiger partial charge in [0.1, 0.15) is 0 Å². The molecule has 1 aliphatic carbocycles. The number of guanidine groups is 1. The van der Waals surface area contributed by atoms with Gasteiger partial charge in [0.25, 0.3) is 0 Å². The minimum atomic E-state index is 0.468. The lowest BCUT2D eigenvalue weighted by molar-refractivity contribution is 0.203. The molecule has 5 nitrogen and oxygen atoms in total. The second kappa shape index (κ2) is 5.32. The summed E-state index contributed by atoms with van der Waals surface area (Å²) in [5.41, 5.74) is 3.02. The third-order valence-electron chi connectivity index (χ3n) is 2.92. The van der Waals surface area contributed by atoms with Crippen molar-refractivity contribution in [1.82, 2.24) is 10.7 Å². The molecule has 0 aromatic carbocycles. The highest BCUT2D eigenvalue weighted by atomic mass is 16.5. The summed E-state index contributed by atoms with van der Waals surface area (Å²) in [6.07, 6.45) is 1.26. The van der Waals surface area contributed by atoms with Crippen molar-refractivity contribution in [3.05, 3.63) is 0 Å². The van der Waals surface area contributed by atoms with Gasteiger partial charge in [-0.1, -0.05) is 13.8 Å². The summed E-state index contributed by atoms with van der Waals surface area (Å²) >= 11 is 0. The Morgan fingerprint density at radius 3 is 2.73 bits per heavy atom. The quantitative estimate of drug-likeness (QED) is 0.199. The van der Waals surface area contributed by atoms with Gasteiger partial charge in [-0.3, -0.25) is 10.4 Å². The summed E-state index contributed by atoms with van der Waals surface area (Å²) in [5, 5.41) is 3.07. The Balaban J connectivity index is 2.22. The maximum atomic E-state index is 5.35. The van der Waals surface area contributed by atoms with E-state index in [1.165, 1.54) is 6.42 Å². The van der Waals surface area contributed by atoms with Crippen molar-refractivity contribution in [2.45, 2.75) is 20.3 Å². The summed E-state index contributed by atoms with van der Waals surface area (Å²) in [7, 11) is 1.67. The number of hydrogen-bond donors (Lipinski definition) is 3. The van der Waals surface area contributed by atoms with Gasteiger partial charge >= 0.3 is 0 Å². The van der Waals surface area contributed by atoms with Gasteiger partial charge in [0.15, 0.2) is 0 Å². The van der Waals surface area contributed by atoms with Crippen LogP contribution in [0.4, 0.5) is 0 Å². The van der Waals surface area contributed by atoms with Crippen molar-refractivity contribution in [2.24, 2.45) is 22.2 Å². The van der Waals surface area contributed by atoms with Gasteiger partial charge in [-0.15, -0.1) is 0 Å². The SMILES string of the molecule is COCCNC(=NCC1CC1(C)C)NN. The van der Waals surface area contributed by atoms with E-state index in [4.69, 9.17) is 10.6 Å². The van der Waals surface area contributed by atoms with Gasteiger partial charge in [-0.2, -0.15) is 0 Å². The predicted octanol–water partition coefficient (Wildman–Crippen LogP) is 0.0878. The lowest BCUT2D eigenvalue weighted by atomic mass is 10.1. The van der Waals surface area contributed by atoms with Crippen molar-refractivity contribution >= 4 is 5.96 Å². The highest BCUT2D eigenvalue weighted by Crippen LogP contribution is 2.51. The normalized spacial score (nSPS) is 23.7. The lowest BCUT2D eigenvalue weighted by Crippen LogP contribution is -2.43. The summed E-state index contributed by atoms with van der Waals surface area (Å²) in [6, 6.07) is 0. The molecular formula is C10H22N4O. The molecule has 5 heteroatoms. The minimum Gasteiger partial charge on any atom is -0.383 e. The van der Waals surface area contributed by atoms with Crippen LogP contribution in [-0.2, 0) is 4.74 Å². The molecule has 1 atom stereocenters. The molecule has 1 unspecified atom stereocenters. The second-order valence-electron chi connectivity index (χ2n) is 4.64. The molecule has 15 heavy (non-hydrogen) atoms. The van der Waals surface area contributed by atoms with Crippen LogP contribution >= 0.6 is 0 Å². The molecule has 0 aromatic rings. The van der Waals surface area contributed by atoms with E-state index in [9.17, 15) is 0 Å². The number of ether oxygens (including phenoxy) is 1. The second-order valence-corrected chi connectivity index (χ2v) is 4.64. The molecule has 88 valence electrons. The Morgan fingerprint density at radius 2 is 2.27 bits per heavy atom. The molecular weight excluding hydrogens is 192 g/mol. The van der Waals surface area contributed by atoms with E-state index in [-0.39, 0.29) is 0 Å².